The number of allylic oxidation sites excluding steroid dienone is 2. The minimum Gasteiger partial charge on any atom is -0.398 e. The van der Waals surface area contributed by atoms with Gasteiger partial charge in [0, 0.05) is 11.3 Å². The Kier molecular flexibility index (Phi) is 3.43. The summed E-state index contributed by atoms with van der Waals surface area (Å²) < 4.78 is 0. The van der Waals surface area contributed by atoms with Crippen molar-refractivity contribution in [2.24, 2.45) is 5.41 Å². The maximum absolute atomic E-state index is 8.76. The maximum atomic E-state index is 8.76. The van der Waals surface area contributed by atoms with Crippen LogP contribution in [0.1, 0.15) is 44.2 Å². The molecule has 0 bridgehead atoms. The zero-order chi connectivity index (χ0) is 13.2. The van der Waals surface area contributed by atoms with E-state index in [0.717, 1.165) is 29.7 Å². The molecule has 0 atom stereocenters. The lowest BCUT2D eigenvalue weighted by atomic mass is 9.76. The average Bonchev–Trinajstić information content (AvgIpc) is 2.32. The van der Waals surface area contributed by atoms with Crippen LogP contribution in [-0.4, -0.2) is 0 Å². The molecule has 2 rings (SSSR count). The van der Waals surface area contributed by atoms with Gasteiger partial charge in [-0.1, -0.05) is 26.0 Å². The van der Waals surface area contributed by atoms with Crippen LogP contribution < -0.4 is 5.73 Å². The molecule has 2 N–H and O–H groups in total. The Morgan fingerprint density at radius 1 is 1.39 bits per heavy atom. The number of benzene rings is 1. The first-order valence-electron chi connectivity index (χ1n) is 6.47. The third-order valence-electron chi connectivity index (χ3n) is 3.72. The highest BCUT2D eigenvalue weighted by Crippen LogP contribution is 2.39. The molecule has 2 nitrogen and oxygen atoms in total. The van der Waals surface area contributed by atoms with Gasteiger partial charge in [-0.2, -0.15) is 5.26 Å². The molecule has 2 heteroatoms. The van der Waals surface area contributed by atoms with Gasteiger partial charge in [0.15, 0.2) is 0 Å². The number of hydrogen-bond acceptors (Lipinski definition) is 2. The van der Waals surface area contributed by atoms with Crippen LogP contribution in [0.15, 0.2) is 24.3 Å². The van der Waals surface area contributed by atoms with Gasteiger partial charge in [0.25, 0.3) is 0 Å². The second-order valence-corrected chi connectivity index (χ2v) is 5.85. The van der Waals surface area contributed by atoms with Crippen molar-refractivity contribution in [2.45, 2.75) is 39.5 Å². The summed E-state index contributed by atoms with van der Waals surface area (Å²) in [5, 5.41) is 8.76. The summed E-state index contributed by atoms with van der Waals surface area (Å²) in [6.45, 7) is 4.60. The number of nitrogen functional groups attached to an aromatic ring is 1. The van der Waals surface area contributed by atoms with E-state index >= 15 is 0 Å². The highest BCUT2D eigenvalue weighted by atomic mass is 14.6. The Hall–Kier alpha value is -1.75. The third kappa shape index (κ3) is 2.73. The van der Waals surface area contributed by atoms with Gasteiger partial charge < -0.3 is 5.73 Å². The van der Waals surface area contributed by atoms with Crippen LogP contribution in [0.3, 0.4) is 0 Å². The SMILES string of the molecule is CC1(C)CC=C(c2cc(CC#N)ccc2N)CC1. The van der Waals surface area contributed by atoms with Crippen molar-refractivity contribution in [1.29, 1.82) is 5.26 Å². The molecule has 0 saturated carbocycles. The molecule has 1 aliphatic carbocycles. The first-order chi connectivity index (χ1) is 8.52. The van der Waals surface area contributed by atoms with Gasteiger partial charge in [0.2, 0.25) is 0 Å². The largest absolute Gasteiger partial charge is 0.398 e. The minimum atomic E-state index is 0.405. The lowest BCUT2D eigenvalue weighted by Gasteiger charge is -2.29. The summed E-state index contributed by atoms with van der Waals surface area (Å²) in [5.74, 6) is 0. The smallest absolute Gasteiger partial charge is 0.0669 e. The van der Waals surface area contributed by atoms with Crippen molar-refractivity contribution in [1.82, 2.24) is 0 Å². The summed E-state index contributed by atoms with van der Waals surface area (Å²) in [7, 11) is 0. The Morgan fingerprint density at radius 3 is 2.78 bits per heavy atom. The van der Waals surface area contributed by atoms with Crippen LogP contribution in [0.4, 0.5) is 5.69 Å². The number of anilines is 1. The van der Waals surface area contributed by atoms with E-state index < -0.39 is 0 Å². The molecule has 0 aromatic heterocycles. The Morgan fingerprint density at radius 2 is 2.17 bits per heavy atom. The fraction of sp³-hybridized carbons (Fsp3) is 0.438. The zero-order valence-electron chi connectivity index (χ0n) is 11.2. The second-order valence-electron chi connectivity index (χ2n) is 5.85. The fourth-order valence-corrected chi connectivity index (χ4v) is 2.40. The molecule has 0 aliphatic heterocycles. The summed E-state index contributed by atoms with van der Waals surface area (Å²) in [6.07, 6.45) is 6.13. The van der Waals surface area contributed by atoms with Gasteiger partial charge in [0.05, 0.1) is 12.5 Å². The molecule has 1 aliphatic rings. The molecular weight excluding hydrogens is 220 g/mol. The van der Waals surface area contributed by atoms with E-state index in [1.165, 1.54) is 12.0 Å². The molecule has 0 radical (unpaired) electrons. The van der Waals surface area contributed by atoms with Crippen molar-refractivity contribution in [3.63, 3.8) is 0 Å². The van der Waals surface area contributed by atoms with E-state index in [4.69, 9.17) is 11.0 Å². The van der Waals surface area contributed by atoms with Gasteiger partial charge in [-0.25, -0.2) is 0 Å². The summed E-state index contributed by atoms with van der Waals surface area (Å²) in [5.41, 5.74) is 10.8. The Balaban J connectivity index is 2.31. The van der Waals surface area contributed by atoms with E-state index in [2.05, 4.69) is 32.1 Å². The molecule has 1 aromatic carbocycles. The number of rotatable bonds is 2. The van der Waals surface area contributed by atoms with E-state index in [9.17, 15) is 0 Å². The van der Waals surface area contributed by atoms with Crippen LogP contribution in [0.25, 0.3) is 5.57 Å². The highest BCUT2D eigenvalue weighted by Gasteiger charge is 2.22. The molecule has 0 spiro atoms. The summed E-state index contributed by atoms with van der Waals surface area (Å²) >= 11 is 0. The van der Waals surface area contributed by atoms with E-state index in [1.54, 1.807) is 0 Å². The zero-order valence-corrected chi connectivity index (χ0v) is 11.2. The average molecular weight is 240 g/mol. The van der Waals surface area contributed by atoms with Crippen molar-refractivity contribution in [2.75, 3.05) is 5.73 Å². The normalized spacial score (nSPS) is 17.9. The highest BCUT2D eigenvalue weighted by molar-refractivity contribution is 5.76. The molecule has 1 aromatic rings. The van der Waals surface area contributed by atoms with E-state index in [-0.39, 0.29) is 0 Å². The third-order valence-corrected chi connectivity index (χ3v) is 3.72. The molecule has 0 heterocycles. The number of nitriles is 1. The van der Waals surface area contributed by atoms with E-state index in [0.29, 0.717) is 11.8 Å². The molecule has 94 valence electrons. The molecular formula is C16H20N2. The van der Waals surface area contributed by atoms with Gasteiger partial charge >= 0.3 is 0 Å². The summed E-state index contributed by atoms with van der Waals surface area (Å²) in [6, 6.07) is 8.12. The van der Waals surface area contributed by atoms with Crippen molar-refractivity contribution < 1.29 is 0 Å². The van der Waals surface area contributed by atoms with Crippen LogP contribution in [-0.2, 0) is 6.42 Å². The van der Waals surface area contributed by atoms with Crippen LogP contribution in [0, 0.1) is 16.7 Å². The lowest BCUT2D eigenvalue weighted by Crippen LogP contribution is -2.14. The minimum absolute atomic E-state index is 0.405. The quantitative estimate of drug-likeness (QED) is 0.796. The predicted molar refractivity (Wildman–Crippen MR) is 75.8 cm³/mol. The fourth-order valence-electron chi connectivity index (χ4n) is 2.40. The standard InChI is InChI=1S/C16H20N2/c1-16(2)8-5-13(6-9-16)14-11-12(7-10-17)3-4-15(14)18/h3-5,11H,6-9,18H2,1-2H3. The molecule has 0 fully saturated rings. The van der Waals surface area contributed by atoms with Crippen molar-refractivity contribution >= 4 is 11.3 Å². The summed E-state index contributed by atoms with van der Waals surface area (Å²) in [4.78, 5) is 0. The number of hydrogen-bond donors (Lipinski definition) is 1. The Labute approximate surface area is 109 Å². The van der Waals surface area contributed by atoms with Crippen LogP contribution in [0.5, 0.6) is 0 Å². The van der Waals surface area contributed by atoms with Gasteiger partial charge in [0.1, 0.15) is 0 Å². The molecule has 0 unspecified atom stereocenters. The van der Waals surface area contributed by atoms with Gasteiger partial charge in [-0.3, -0.25) is 0 Å². The lowest BCUT2D eigenvalue weighted by molar-refractivity contribution is 0.335. The van der Waals surface area contributed by atoms with Gasteiger partial charge in [-0.05, 0) is 47.9 Å². The second kappa shape index (κ2) is 4.86. The predicted octanol–water partition coefficient (Wildman–Crippen LogP) is 3.93. The first-order valence-corrected chi connectivity index (χ1v) is 6.47. The van der Waals surface area contributed by atoms with Crippen molar-refractivity contribution in [3.8, 4) is 6.07 Å². The Bertz CT molecular complexity index is 518. The number of nitrogens with two attached hydrogens (primary N) is 1. The monoisotopic (exact) mass is 240 g/mol. The molecule has 0 amide bonds. The maximum Gasteiger partial charge on any atom is 0.0669 e. The van der Waals surface area contributed by atoms with Crippen LogP contribution in [0.2, 0.25) is 0 Å². The van der Waals surface area contributed by atoms with Gasteiger partial charge in [-0.15, -0.1) is 0 Å². The first kappa shape index (κ1) is 12.7. The van der Waals surface area contributed by atoms with Crippen molar-refractivity contribution in [3.05, 3.63) is 35.4 Å². The van der Waals surface area contributed by atoms with E-state index in [1.807, 2.05) is 12.1 Å². The molecule has 18 heavy (non-hydrogen) atoms. The topological polar surface area (TPSA) is 49.8 Å². The van der Waals surface area contributed by atoms with Crippen LogP contribution >= 0.6 is 0 Å². The molecule has 0 saturated heterocycles. The number of nitrogens with zero attached hydrogens (tertiary/aromatic N) is 1.